The number of anilines is 2. The topological polar surface area (TPSA) is 75.7 Å². The molecule has 1 amide bonds. The van der Waals surface area contributed by atoms with E-state index in [1.807, 2.05) is 43.3 Å². The van der Waals surface area contributed by atoms with Crippen molar-refractivity contribution in [2.75, 3.05) is 23.3 Å². The lowest BCUT2D eigenvalue weighted by molar-refractivity contribution is -0.0226. The summed E-state index contributed by atoms with van der Waals surface area (Å²) in [7, 11) is 0. The van der Waals surface area contributed by atoms with Gasteiger partial charge in [0.1, 0.15) is 11.3 Å². The van der Waals surface area contributed by atoms with Gasteiger partial charge < -0.3 is 14.6 Å². The Bertz CT molecular complexity index is 1290. The average Bonchev–Trinajstić information content (AvgIpc) is 3.43. The van der Waals surface area contributed by atoms with Crippen LogP contribution in [0.2, 0.25) is 0 Å². The number of fused-ring (bicyclic) bond motifs is 1. The highest BCUT2D eigenvalue weighted by molar-refractivity contribution is 6.04. The molecule has 1 fully saturated rings. The molecule has 1 N–H and O–H groups in total. The third-order valence-electron chi connectivity index (χ3n) is 5.68. The van der Waals surface area contributed by atoms with Gasteiger partial charge in [0.15, 0.2) is 5.76 Å². The molecule has 0 spiro atoms. The van der Waals surface area contributed by atoms with Gasteiger partial charge in [-0.2, -0.15) is 0 Å². The van der Waals surface area contributed by atoms with E-state index >= 15 is 0 Å². The van der Waals surface area contributed by atoms with Crippen molar-refractivity contribution in [1.29, 1.82) is 0 Å². The van der Waals surface area contributed by atoms with E-state index in [1.165, 1.54) is 6.20 Å². The maximum Gasteiger partial charge on any atom is 0.297 e. The van der Waals surface area contributed by atoms with Gasteiger partial charge in [-0.1, -0.05) is 18.2 Å². The van der Waals surface area contributed by atoms with E-state index in [2.05, 4.69) is 15.3 Å². The van der Waals surface area contributed by atoms with E-state index in [9.17, 15) is 13.6 Å². The molecule has 0 bridgehead atoms. The summed E-state index contributed by atoms with van der Waals surface area (Å²) in [6.07, 6.45) is 4.47. The number of amides is 1. The van der Waals surface area contributed by atoms with Crippen molar-refractivity contribution >= 4 is 23.3 Å². The van der Waals surface area contributed by atoms with E-state index in [4.69, 9.17) is 4.42 Å². The Balaban J connectivity index is 1.36. The molecular weight excluding hydrogens is 416 g/mol. The second-order valence-corrected chi connectivity index (χ2v) is 7.91. The molecule has 7 nitrogen and oxygen atoms in total. The first-order chi connectivity index (χ1) is 15.4. The molecular formula is C23H21F2N5O2. The van der Waals surface area contributed by atoms with Gasteiger partial charge >= 0.3 is 0 Å². The Morgan fingerprint density at radius 2 is 1.94 bits per heavy atom. The third kappa shape index (κ3) is 3.81. The normalized spacial score (nSPS) is 15.8. The van der Waals surface area contributed by atoms with Crippen LogP contribution in [0.1, 0.15) is 28.9 Å². The van der Waals surface area contributed by atoms with Crippen LogP contribution in [0.5, 0.6) is 0 Å². The quantitative estimate of drug-likeness (QED) is 0.497. The smallest absolute Gasteiger partial charge is 0.297 e. The minimum absolute atomic E-state index is 0.196. The molecule has 32 heavy (non-hydrogen) atoms. The highest BCUT2D eigenvalue weighted by atomic mass is 19.3. The molecule has 0 aliphatic carbocycles. The molecule has 1 aromatic carbocycles. The number of carbonyl (C=O) groups excluding carboxylic acids is 1. The number of hydrogen-bond donors (Lipinski definition) is 1. The zero-order valence-electron chi connectivity index (χ0n) is 17.4. The van der Waals surface area contributed by atoms with Gasteiger partial charge in [0.2, 0.25) is 0 Å². The predicted octanol–water partition coefficient (Wildman–Crippen LogP) is 4.79. The number of imidazole rings is 1. The number of nitrogens with zero attached hydrogens (tertiary/aromatic N) is 4. The second-order valence-electron chi connectivity index (χ2n) is 7.91. The van der Waals surface area contributed by atoms with Crippen LogP contribution in [0.3, 0.4) is 0 Å². The minimum Gasteiger partial charge on any atom is -0.423 e. The molecule has 1 aliphatic rings. The molecule has 0 unspecified atom stereocenters. The number of nitrogens with one attached hydrogen (secondary N) is 1. The maximum atomic E-state index is 13.4. The van der Waals surface area contributed by atoms with Crippen LogP contribution in [-0.4, -0.2) is 39.3 Å². The largest absolute Gasteiger partial charge is 0.423 e. The van der Waals surface area contributed by atoms with Crippen molar-refractivity contribution < 1.29 is 18.0 Å². The van der Waals surface area contributed by atoms with Gasteiger partial charge in [0.25, 0.3) is 17.8 Å². The summed E-state index contributed by atoms with van der Waals surface area (Å²) in [6.45, 7) is 2.29. The molecule has 4 heterocycles. The lowest BCUT2D eigenvalue weighted by Gasteiger charge is -2.30. The van der Waals surface area contributed by atoms with Crippen LogP contribution >= 0.6 is 0 Å². The van der Waals surface area contributed by atoms with E-state index < -0.39 is 5.92 Å². The van der Waals surface area contributed by atoms with Crippen LogP contribution in [0, 0.1) is 6.92 Å². The molecule has 9 heteroatoms. The summed E-state index contributed by atoms with van der Waals surface area (Å²) >= 11 is 0. The Hall–Kier alpha value is -3.75. The fourth-order valence-corrected chi connectivity index (χ4v) is 3.77. The van der Waals surface area contributed by atoms with Crippen molar-refractivity contribution in [3.8, 4) is 11.3 Å². The van der Waals surface area contributed by atoms with Gasteiger partial charge in [-0.05, 0) is 30.7 Å². The standard InChI is InChI=1S/C23H21F2N5O2/c1-15-5-6-16(19-14-27-22(32-19)29-10-7-23(24,25)8-11-29)12-17(15)28-21(31)18-13-26-20-4-2-3-9-30(18)20/h2-6,9,12-14H,7-8,10-11H2,1H3,(H,28,31). The molecule has 3 aromatic heterocycles. The summed E-state index contributed by atoms with van der Waals surface area (Å²) in [5.41, 5.74) is 3.36. The molecule has 164 valence electrons. The van der Waals surface area contributed by atoms with Gasteiger partial charge in [-0.15, -0.1) is 0 Å². The average molecular weight is 437 g/mol. The van der Waals surface area contributed by atoms with Crippen LogP contribution in [-0.2, 0) is 0 Å². The van der Waals surface area contributed by atoms with Crippen molar-refractivity contribution in [3.63, 3.8) is 0 Å². The molecule has 5 rings (SSSR count). The third-order valence-corrected chi connectivity index (χ3v) is 5.68. The fourth-order valence-electron chi connectivity index (χ4n) is 3.77. The SMILES string of the molecule is Cc1ccc(-c2cnc(N3CCC(F)(F)CC3)o2)cc1NC(=O)c1cnc2ccccn12. The summed E-state index contributed by atoms with van der Waals surface area (Å²) in [5.74, 6) is -2.41. The molecule has 0 radical (unpaired) electrons. The molecule has 4 aromatic rings. The summed E-state index contributed by atoms with van der Waals surface area (Å²) in [4.78, 5) is 23.1. The first-order valence-corrected chi connectivity index (χ1v) is 10.3. The number of piperidine rings is 1. The highest BCUT2D eigenvalue weighted by Crippen LogP contribution is 2.33. The Kier molecular flexibility index (Phi) is 4.88. The van der Waals surface area contributed by atoms with Gasteiger partial charge in [0, 0.05) is 43.4 Å². The number of alkyl halides is 2. The van der Waals surface area contributed by atoms with Crippen LogP contribution in [0.4, 0.5) is 20.5 Å². The van der Waals surface area contributed by atoms with E-state index in [-0.39, 0.29) is 31.8 Å². The van der Waals surface area contributed by atoms with E-state index in [0.29, 0.717) is 28.8 Å². The molecule has 0 atom stereocenters. The lowest BCUT2D eigenvalue weighted by Crippen LogP contribution is -2.39. The Morgan fingerprint density at radius 3 is 2.75 bits per heavy atom. The van der Waals surface area contributed by atoms with E-state index in [1.54, 1.807) is 21.7 Å². The van der Waals surface area contributed by atoms with Crippen LogP contribution in [0.15, 0.2) is 59.4 Å². The lowest BCUT2D eigenvalue weighted by atomic mass is 10.1. The number of hydrogen-bond acceptors (Lipinski definition) is 5. The number of halogens is 2. The number of aromatic nitrogens is 3. The van der Waals surface area contributed by atoms with Crippen molar-refractivity contribution in [3.05, 3.63) is 66.2 Å². The minimum atomic E-state index is -2.63. The van der Waals surface area contributed by atoms with Crippen LogP contribution < -0.4 is 10.2 Å². The number of pyridine rings is 1. The Labute approximate surface area is 182 Å². The van der Waals surface area contributed by atoms with Crippen molar-refractivity contribution in [1.82, 2.24) is 14.4 Å². The summed E-state index contributed by atoms with van der Waals surface area (Å²) in [5, 5.41) is 2.94. The second kappa shape index (κ2) is 7.74. The number of aryl methyl sites for hydroxylation is 1. The van der Waals surface area contributed by atoms with Crippen molar-refractivity contribution in [2.45, 2.75) is 25.7 Å². The van der Waals surface area contributed by atoms with Crippen molar-refractivity contribution in [2.24, 2.45) is 0 Å². The fraction of sp³-hybridized carbons (Fsp3) is 0.261. The van der Waals surface area contributed by atoms with E-state index in [0.717, 1.165) is 11.1 Å². The summed E-state index contributed by atoms with van der Waals surface area (Å²) in [6, 6.07) is 11.4. The zero-order valence-corrected chi connectivity index (χ0v) is 17.4. The number of oxazole rings is 1. The highest BCUT2D eigenvalue weighted by Gasteiger charge is 2.35. The number of rotatable bonds is 4. The number of benzene rings is 1. The maximum absolute atomic E-state index is 13.4. The first-order valence-electron chi connectivity index (χ1n) is 10.3. The van der Waals surface area contributed by atoms with Gasteiger partial charge in [-0.25, -0.2) is 18.7 Å². The predicted molar refractivity (Wildman–Crippen MR) is 116 cm³/mol. The van der Waals surface area contributed by atoms with Gasteiger partial charge in [-0.3, -0.25) is 9.20 Å². The number of carbonyl (C=O) groups is 1. The first kappa shape index (κ1) is 20.2. The monoisotopic (exact) mass is 437 g/mol. The Morgan fingerprint density at radius 1 is 1.12 bits per heavy atom. The van der Waals surface area contributed by atoms with Gasteiger partial charge in [0.05, 0.1) is 12.4 Å². The zero-order chi connectivity index (χ0) is 22.3. The molecule has 1 saturated heterocycles. The molecule has 0 saturated carbocycles. The molecule has 1 aliphatic heterocycles. The summed E-state index contributed by atoms with van der Waals surface area (Å²) < 4.78 is 34.4. The van der Waals surface area contributed by atoms with Crippen LogP contribution in [0.25, 0.3) is 17.0 Å².